The molecule has 1 aliphatic heterocycles. The number of nitrogens with two attached hydrogens (primary N) is 1. The van der Waals surface area contributed by atoms with Gasteiger partial charge in [0.25, 0.3) is 0 Å². The molecule has 0 spiro atoms. The van der Waals surface area contributed by atoms with E-state index in [1.807, 2.05) is 6.07 Å². The lowest BCUT2D eigenvalue weighted by molar-refractivity contribution is 0.333. The minimum Gasteiger partial charge on any atom is -0.491 e. The van der Waals surface area contributed by atoms with Crippen molar-refractivity contribution >= 4 is 28.3 Å². The monoisotopic (exact) mass is 263 g/mol. The van der Waals surface area contributed by atoms with Crippen LogP contribution in [0.15, 0.2) is 16.6 Å². The van der Waals surface area contributed by atoms with Gasteiger partial charge in [0.05, 0.1) is 6.04 Å². The highest BCUT2D eigenvalue weighted by atomic mass is 79.9. The van der Waals surface area contributed by atoms with Crippen LogP contribution in [0.25, 0.3) is 0 Å². The van der Waals surface area contributed by atoms with Gasteiger partial charge in [0, 0.05) is 10.0 Å². The largest absolute Gasteiger partial charge is 0.491 e. The van der Waals surface area contributed by atoms with Crippen molar-refractivity contribution in [3.8, 4) is 5.75 Å². The van der Waals surface area contributed by atoms with Crippen LogP contribution in [0.2, 0.25) is 0 Å². The fraction of sp³-hybridized carbons (Fsp3) is 0.333. The zero-order valence-electron chi connectivity index (χ0n) is 7.21. The number of aryl methyl sites for hydroxylation is 1. The summed E-state index contributed by atoms with van der Waals surface area (Å²) in [5.41, 5.74) is 8.21. The van der Waals surface area contributed by atoms with Crippen molar-refractivity contribution in [2.45, 2.75) is 13.0 Å². The molecule has 72 valence electrons. The van der Waals surface area contributed by atoms with Crippen LogP contribution in [0.4, 0.5) is 0 Å². The van der Waals surface area contributed by atoms with Crippen molar-refractivity contribution in [2.75, 3.05) is 6.61 Å². The third-order valence-corrected chi connectivity index (χ3v) is 2.56. The molecule has 1 aromatic carbocycles. The van der Waals surface area contributed by atoms with Crippen LogP contribution in [-0.4, -0.2) is 6.61 Å². The summed E-state index contributed by atoms with van der Waals surface area (Å²) in [7, 11) is 0. The average molecular weight is 265 g/mol. The lowest BCUT2D eigenvalue weighted by atomic mass is 10.0. The van der Waals surface area contributed by atoms with Gasteiger partial charge < -0.3 is 10.5 Å². The first kappa shape index (κ1) is 10.8. The predicted octanol–water partition coefficient (Wildman–Crippen LogP) is 2.57. The van der Waals surface area contributed by atoms with Gasteiger partial charge in [0.2, 0.25) is 0 Å². The average Bonchev–Trinajstić information content (AvgIpc) is 2.31. The molecule has 0 bridgehead atoms. The fourth-order valence-electron chi connectivity index (χ4n) is 1.58. The van der Waals surface area contributed by atoms with Crippen LogP contribution in [-0.2, 0) is 0 Å². The molecule has 13 heavy (non-hydrogen) atoms. The molecule has 1 aromatic rings. The van der Waals surface area contributed by atoms with Crippen molar-refractivity contribution in [3.63, 3.8) is 0 Å². The Morgan fingerprint density at radius 3 is 2.92 bits per heavy atom. The summed E-state index contributed by atoms with van der Waals surface area (Å²) < 4.78 is 6.47. The molecule has 0 aromatic heterocycles. The second kappa shape index (κ2) is 3.86. The van der Waals surface area contributed by atoms with Gasteiger partial charge in [-0.25, -0.2) is 0 Å². The molecule has 0 aliphatic carbocycles. The van der Waals surface area contributed by atoms with Crippen LogP contribution in [0, 0.1) is 6.92 Å². The summed E-state index contributed by atoms with van der Waals surface area (Å²) in [5, 5.41) is 0. The molecule has 0 fully saturated rings. The molecule has 1 heterocycles. The summed E-state index contributed by atoms with van der Waals surface area (Å²) in [6.07, 6.45) is 0. The number of ether oxygens (including phenoxy) is 1. The van der Waals surface area contributed by atoms with E-state index < -0.39 is 0 Å². The summed E-state index contributed by atoms with van der Waals surface area (Å²) in [6, 6.07) is 4.08. The minimum atomic E-state index is 0. The summed E-state index contributed by atoms with van der Waals surface area (Å²) in [6.45, 7) is 2.66. The number of benzene rings is 1. The highest BCUT2D eigenvalue weighted by molar-refractivity contribution is 9.10. The van der Waals surface area contributed by atoms with Gasteiger partial charge in [0.1, 0.15) is 12.4 Å². The number of rotatable bonds is 0. The summed E-state index contributed by atoms with van der Waals surface area (Å²) in [4.78, 5) is 0. The first-order valence-corrected chi connectivity index (χ1v) is 4.66. The van der Waals surface area contributed by atoms with Gasteiger partial charge >= 0.3 is 0 Å². The van der Waals surface area contributed by atoms with Crippen molar-refractivity contribution in [1.82, 2.24) is 0 Å². The lowest BCUT2D eigenvalue weighted by Crippen LogP contribution is -2.11. The van der Waals surface area contributed by atoms with E-state index in [0.29, 0.717) is 6.61 Å². The van der Waals surface area contributed by atoms with Crippen LogP contribution in [0.3, 0.4) is 0 Å². The van der Waals surface area contributed by atoms with E-state index in [1.165, 1.54) is 5.56 Å². The number of hydrogen-bond acceptors (Lipinski definition) is 2. The molecule has 1 atom stereocenters. The molecule has 0 amide bonds. The molecule has 2 rings (SSSR count). The zero-order chi connectivity index (χ0) is 8.72. The molecule has 0 saturated carbocycles. The van der Waals surface area contributed by atoms with Crippen LogP contribution in [0.1, 0.15) is 17.2 Å². The van der Waals surface area contributed by atoms with Crippen LogP contribution < -0.4 is 10.5 Å². The Morgan fingerprint density at radius 2 is 2.23 bits per heavy atom. The molecule has 2 N–H and O–H groups in total. The Kier molecular flexibility index (Phi) is 3.22. The summed E-state index contributed by atoms with van der Waals surface area (Å²) >= 11 is 3.41. The molecule has 1 unspecified atom stereocenters. The highest BCUT2D eigenvalue weighted by Crippen LogP contribution is 2.35. The maximum absolute atomic E-state index is 5.86. The normalized spacial score (nSPS) is 18.8. The highest BCUT2D eigenvalue weighted by Gasteiger charge is 2.22. The molecule has 4 heteroatoms. The van der Waals surface area contributed by atoms with Crippen molar-refractivity contribution in [3.05, 3.63) is 27.7 Å². The van der Waals surface area contributed by atoms with E-state index in [0.717, 1.165) is 15.8 Å². The number of fused-ring (bicyclic) bond motifs is 1. The van der Waals surface area contributed by atoms with Crippen LogP contribution in [0.5, 0.6) is 5.75 Å². The van der Waals surface area contributed by atoms with E-state index in [1.54, 1.807) is 0 Å². The smallest absolute Gasteiger partial charge is 0.125 e. The second-order valence-corrected chi connectivity index (χ2v) is 3.97. The molecule has 2 nitrogen and oxygen atoms in total. The van der Waals surface area contributed by atoms with Crippen molar-refractivity contribution in [1.29, 1.82) is 0 Å². The maximum Gasteiger partial charge on any atom is 0.125 e. The SMILES string of the molecule is Cc1cc(Br)cc2c1C(N)CO2.Cl. The number of hydrogen-bond donors (Lipinski definition) is 1. The third kappa shape index (κ3) is 1.82. The Morgan fingerprint density at radius 1 is 1.54 bits per heavy atom. The maximum atomic E-state index is 5.86. The topological polar surface area (TPSA) is 35.2 Å². The Bertz CT molecular complexity index is 330. The van der Waals surface area contributed by atoms with Crippen molar-refractivity contribution in [2.24, 2.45) is 5.73 Å². The van der Waals surface area contributed by atoms with Gasteiger partial charge in [-0.3, -0.25) is 0 Å². The lowest BCUT2D eigenvalue weighted by Gasteiger charge is -2.05. The van der Waals surface area contributed by atoms with Gasteiger partial charge in [-0.1, -0.05) is 15.9 Å². The first-order chi connectivity index (χ1) is 5.68. The van der Waals surface area contributed by atoms with E-state index >= 15 is 0 Å². The zero-order valence-corrected chi connectivity index (χ0v) is 9.61. The molecular formula is C9H11BrClNO. The van der Waals surface area contributed by atoms with Gasteiger partial charge in [0.15, 0.2) is 0 Å². The third-order valence-electron chi connectivity index (χ3n) is 2.10. The van der Waals surface area contributed by atoms with Gasteiger partial charge in [-0.2, -0.15) is 0 Å². The first-order valence-electron chi connectivity index (χ1n) is 3.87. The molecule has 0 radical (unpaired) electrons. The fourth-order valence-corrected chi connectivity index (χ4v) is 2.13. The van der Waals surface area contributed by atoms with Gasteiger partial charge in [-0.15, -0.1) is 12.4 Å². The minimum absolute atomic E-state index is 0. The van der Waals surface area contributed by atoms with E-state index in [2.05, 4.69) is 28.9 Å². The Labute approximate surface area is 92.0 Å². The van der Waals surface area contributed by atoms with E-state index in [9.17, 15) is 0 Å². The van der Waals surface area contributed by atoms with Gasteiger partial charge in [-0.05, 0) is 24.6 Å². The van der Waals surface area contributed by atoms with E-state index in [4.69, 9.17) is 10.5 Å². The molecular weight excluding hydrogens is 253 g/mol. The standard InChI is InChI=1S/C9H10BrNO.ClH/c1-5-2-6(10)3-8-9(5)7(11)4-12-8;/h2-3,7H,4,11H2,1H3;1H. The molecule has 1 aliphatic rings. The van der Waals surface area contributed by atoms with E-state index in [-0.39, 0.29) is 18.4 Å². The van der Waals surface area contributed by atoms with Crippen LogP contribution >= 0.6 is 28.3 Å². The Hall–Kier alpha value is -0.250. The second-order valence-electron chi connectivity index (χ2n) is 3.05. The Balaban J connectivity index is 0.000000845. The quantitative estimate of drug-likeness (QED) is 0.782. The summed E-state index contributed by atoms with van der Waals surface area (Å²) in [5.74, 6) is 0.925. The number of halogens is 2. The molecule has 0 saturated heterocycles. The predicted molar refractivity (Wildman–Crippen MR) is 58.6 cm³/mol. The van der Waals surface area contributed by atoms with Crippen molar-refractivity contribution < 1.29 is 4.74 Å².